The van der Waals surface area contributed by atoms with Gasteiger partial charge in [-0.25, -0.2) is 0 Å². The molecule has 0 amide bonds. The molecule has 0 aliphatic heterocycles. The molecule has 1 N–H and O–H groups in total. The fourth-order valence-corrected chi connectivity index (χ4v) is 1.75. The Kier molecular flexibility index (Phi) is 3.70. The standard InChI is InChI=1S/C11H14OS2/c1-8(10(13)14)11(2,12)9-6-4-3-5-7-9/h3-8,12H,1-2H3,(H,13,14)/t8-,11+/m0/s1. The van der Waals surface area contributed by atoms with Crippen molar-refractivity contribution in [3.63, 3.8) is 0 Å². The molecule has 1 nitrogen and oxygen atoms in total. The average Bonchev–Trinajstić information content (AvgIpc) is 2.18. The quantitative estimate of drug-likeness (QED) is 0.610. The maximum absolute atomic E-state index is 10.3. The Balaban J connectivity index is 3.02. The van der Waals surface area contributed by atoms with E-state index in [1.165, 1.54) is 0 Å². The summed E-state index contributed by atoms with van der Waals surface area (Å²) in [6, 6.07) is 9.50. The summed E-state index contributed by atoms with van der Waals surface area (Å²) >= 11 is 9.08. The number of aliphatic hydroxyl groups is 1. The SMILES string of the molecule is C[C@@H](C(=S)S)[C@@](C)(O)c1ccccc1. The topological polar surface area (TPSA) is 20.2 Å². The number of hydrogen-bond acceptors (Lipinski definition) is 2. The number of benzene rings is 1. The maximum Gasteiger partial charge on any atom is 0.0947 e. The summed E-state index contributed by atoms with van der Waals surface area (Å²) in [7, 11) is 0. The molecule has 0 saturated heterocycles. The largest absolute Gasteiger partial charge is 0.385 e. The Morgan fingerprint density at radius 2 is 1.93 bits per heavy atom. The van der Waals surface area contributed by atoms with E-state index in [9.17, 15) is 5.11 Å². The van der Waals surface area contributed by atoms with E-state index >= 15 is 0 Å². The second-order valence-electron chi connectivity index (χ2n) is 3.57. The summed E-state index contributed by atoms with van der Waals surface area (Å²) in [5, 5.41) is 10.3. The van der Waals surface area contributed by atoms with Crippen LogP contribution in [0.25, 0.3) is 0 Å². The van der Waals surface area contributed by atoms with Gasteiger partial charge < -0.3 is 5.11 Å². The molecule has 1 aromatic carbocycles. The van der Waals surface area contributed by atoms with Crippen LogP contribution < -0.4 is 0 Å². The molecule has 2 atom stereocenters. The van der Waals surface area contributed by atoms with Crippen molar-refractivity contribution < 1.29 is 5.11 Å². The Labute approximate surface area is 95.6 Å². The van der Waals surface area contributed by atoms with Crippen LogP contribution in [0.3, 0.4) is 0 Å². The maximum atomic E-state index is 10.3. The molecule has 0 saturated carbocycles. The van der Waals surface area contributed by atoms with E-state index in [4.69, 9.17) is 12.2 Å². The first-order chi connectivity index (χ1) is 6.46. The third kappa shape index (κ3) is 2.35. The van der Waals surface area contributed by atoms with Gasteiger partial charge in [-0.05, 0) is 12.5 Å². The Morgan fingerprint density at radius 1 is 1.43 bits per heavy atom. The molecule has 0 aliphatic carbocycles. The van der Waals surface area contributed by atoms with Crippen molar-refractivity contribution in [1.29, 1.82) is 0 Å². The lowest BCUT2D eigenvalue weighted by Gasteiger charge is -2.29. The van der Waals surface area contributed by atoms with E-state index in [2.05, 4.69) is 12.6 Å². The first-order valence-electron chi connectivity index (χ1n) is 4.47. The minimum Gasteiger partial charge on any atom is -0.385 e. The number of rotatable bonds is 3. The molecule has 1 aromatic rings. The van der Waals surface area contributed by atoms with Gasteiger partial charge >= 0.3 is 0 Å². The van der Waals surface area contributed by atoms with E-state index in [0.29, 0.717) is 4.20 Å². The Morgan fingerprint density at radius 3 is 2.36 bits per heavy atom. The smallest absolute Gasteiger partial charge is 0.0947 e. The van der Waals surface area contributed by atoms with Crippen molar-refractivity contribution in [3.8, 4) is 0 Å². The van der Waals surface area contributed by atoms with E-state index in [1.54, 1.807) is 6.92 Å². The van der Waals surface area contributed by atoms with Gasteiger partial charge in [0.1, 0.15) is 0 Å². The first kappa shape index (κ1) is 11.7. The molecule has 1 rings (SSSR count). The molecular formula is C11H14OS2. The lowest BCUT2D eigenvalue weighted by Crippen LogP contribution is -2.32. The average molecular weight is 226 g/mol. The zero-order valence-electron chi connectivity index (χ0n) is 8.27. The van der Waals surface area contributed by atoms with Crippen LogP contribution in [0.1, 0.15) is 19.4 Å². The highest BCUT2D eigenvalue weighted by Crippen LogP contribution is 2.30. The summed E-state index contributed by atoms with van der Waals surface area (Å²) < 4.78 is 0.527. The van der Waals surface area contributed by atoms with Gasteiger partial charge in [0.15, 0.2) is 0 Å². The van der Waals surface area contributed by atoms with Gasteiger partial charge in [0.05, 0.1) is 9.80 Å². The fraction of sp³-hybridized carbons (Fsp3) is 0.364. The monoisotopic (exact) mass is 226 g/mol. The predicted molar refractivity (Wildman–Crippen MR) is 66.8 cm³/mol. The van der Waals surface area contributed by atoms with Crippen LogP contribution >= 0.6 is 24.8 Å². The Hall–Kier alpha value is -0.380. The van der Waals surface area contributed by atoms with Gasteiger partial charge in [-0.15, -0.1) is 12.6 Å². The number of thiocarbonyl (C=S) groups is 1. The van der Waals surface area contributed by atoms with Crippen molar-refractivity contribution in [2.75, 3.05) is 0 Å². The molecule has 0 aliphatic rings. The molecule has 3 heteroatoms. The van der Waals surface area contributed by atoms with Crippen molar-refractivity contribution in [2.45, 2.75) is 19.4 Å². The molecule has 0 heterocycles. The summed E-state index contributed by atoms with van der Waals surface area (Å²) in [5.41, 5.74) is -0.0796. The van der Waals surface area contributed by atoms with Gasteiger partial charge in [0.25, 0.3) is 0 Å². The van der Waals surface area contributed by atoms with E-state index in [-0.39, 0.29) is 5.92 Å². The van der Waals surface area contributed by atoms with Gasteiger partial charge in [-0.3, -0.25) is 0 Å². The molecule has 0 aromatic heterocycles. The number of hydrogen-bond donors (Lipinski definition) is 2. The van der Waals surface area contributed by atoms with Gasteiger partial charge in [-0.2, -0.15) is 0 Å². The van der Waals surface area contributed by atoms with Crippen LogP contribution in [0.4, 0.5) is 0 Å². The molecule has 0 spiro atoms. The molecular weight excluding hydrogens is 212 g/mol. The van der Waals surface area contributed by atoms with Crippen LogP contribution in [-0.4, -0.2) is 9.30 Å². The summed E-state index contributed by atoms with van der Waals surface area (Å²) in [4.78, 5) is 0. The second-order valence-corrected chi connectivity index (χ2v) is 4.80. The zero-order chi connectivity index (χ0) is 10.8. The van der Waals surface area contributed by atoms with Gasteiger partial charge in [0.2, 0.25) is 0 Å². The van der Waals surface area contributed by atoms with Crippen molar-refractivity contribution in [1.82, 2.24) is 0 Å². The van der Waals surface area contributed by atoms with Crippen LogP contribution in [0, 0.1) is 5.92 Å². The lowest BCUT2D eigenvalue weighted by atomic mass is 9.85. The molecule has 0 bridgehead atoms. The molecule has 76 valence electrons. The van der Waals surface area contributed by atoms with Crippen LogP contribution in [-0.2, 0) is 5.60 Å². The highest BCUT2D eigenvalue weighted by atomic mass is 32.1. The van der Waals surface area contributed by atoms with Crippen LogP contribution in [0.5, 0.6) is 0 Å². The summed E-state index contributed by atoms with van der Waals surface area (Å²) in [5.74, 6) is -0.150. The lowest BCUT2D eigenvalue weighted by molar-refractivity contribution is 0.0295. The van der Waals surface area contributed by atoms with Crippen LogP contribution in [0.2, 0.25) is 0 Å². The van der Waals surface area contributed by atoms with Gasteiger partial charge in [-0.1, -0.05) is 49.5 Å². The first-order valence-corrected chi connectivity index (χ1v) is 5.32. The minimum atomic E-state index is -0.944. The third-order valence-corrected chi connectivity index (χ3v) is 3.31. The van der Waals surface area contributed by atoms with E-state index in [0.717, 1.165) is 5.56 Å². The summed E-state index contributed by atoms with van der Waals surface area (Å²) in [6.45, 7) is 3.64. The fourth-order valence-electron chi connectivity index (χ4n) is 1.27. The zero-order valence-corrected chi connectivity index (χ0v) is 9.98. The molecule has 0 radical (unpaired) electrons. The Bertz CT molecular complexity index is 319. The highest BCUT2D eigenvalue weighted by molar-refractivity contribution is 8.11. The molecule has 0 unspecified atom stereocenters. The van der Waals surface area contributed by atoms with Crippen molar-refractivity contribution in [3.05, 3.63) is 35.9 Å². The predicted octanol–water partition coefficient (Wildman–Crippen LogP) is 2.79. The number of thiol groups is 1. The highest BCUT2D eigenvalue weighted by Gasteiger charge is 2.31. The summed E-state index contributed by atoms with van der Waals surface area (Å²) in [6.07, 6.45) is 0. The molecule has 0 fully saturated rings. The van der Waals surface area contributed by atoms with Crippen molar-refractivity contribution >= 4 is 29.0 Å². The van der Waals surface area contributed by atoms with E-state index in [1.807, 2.05) is 37.3 Å². The van der Waals surface area contributed by atoms with Crippen LogP contribution in [0.15, 0.2) is 30.3 Å². The van der Waals surface area contributed by atoms with E-state index < -0.39 is 5.60 Å². The normalized spacial score (nSPS) is 17.1. The minimum absolute atomic E-state index is 0.150. The second kappa shape index (κ2) is 4.43. The molecule has 14 heavy (non-hydrogen) atoms. The van der Waals surface area contributed by atoms with Crippen molar-refractivity contribution in [2.24, 2.45) is 5.92 Å². The third-order valence-electron chi connectivity index (χ3n) is 2.57. The van der Waals surface area contributed by atoms with Gasteiger partial charge in [0, 0.05) is 5.92 Å².